The molecule has 0 aliphatic carbocycles. The molecule has 2 N–H and O–H groups in total. The fourth-order valence-corrected chi connectivity index (χ4v) is 4.58. The van der Waals surface area contributed by atoms with Crippen LogP contribution in [-0.2, 0) is 10.0 Å². The van der Waals surface area contributed by atoms with Crippen LogP contribution in [0.3, 0.4) is 0 Å². The highest BCUT2D eigenvalue weighted by atomic mass is 79.9. The summed E-state index contributed by atoms with van der Waals surface area (Å²) in [5, 5.41) is 9.30. The predicted molar refractivity (Wildman–Crippen MR) is 109 cm³/mol. The fraction of sp³-hybridized carbons (Fsp3) is 0.316. The molecule has 1 heterocycles. The van der Waals surface area contributed by atoms with Crippen LogP contribution >= 0.6 is 15.9 Å². The first kappa shape index (κ1) is 19.7. The van der Waals surface area contributed by atoms with Crippen molar-refractivity contribution < 1.29 is 18.3 Å². The van der Waals surface area contributed by atoms with E-state index in [0.29, 0.717) is 11.6 Å². The highest BCUT2D eigenvalue weighted by Crippen LogP contribution is 2.32. The molecule has 8 heteroatoms. The van der Waals surface area contributed by atoms with Crippen molar-refractivity contribution in [3.05, 3.63) is 52.5 Å². The first-order chi connectivity index (χ1) is 12.8. The molecule has 2 aromatic carbocycles. The van der Waals surface area contributed by atoms with Crippen molar-refractivity contribution in [3.8, 4) is 0 Å². The second-order valence-corrected chi connectivity index (χ2v) is 9.39. The van der Waals surface area contributed by atoms with Gasteiger partial charge >= 0.3 is 5.97 Å². The molecule has 1 aliphatic heterocycles. The Morgan fingerprint density at radius 3 is 2.56 bits per heavy atom. The molecule has 1 atom stereocenters. The second kappa shape index (κ2) is 7.90. The summed E-state index contributed by atoms with van der Waals surface area (Å²) in [5.41, 5.74) is 1.02. The maximum absolute atomic E-state index is 12.8. The first-order valence-corrected chi connectivity index (χ1v) is 10.9. The fourth-order valence-electron chi connectivity index (χ4n) is 3.25. The maximum atomic E-state index is 12.8. The zero-order chi connectivity index (χ0) is 19.6. The van der Waals surface area contributed by atoms with Gasteiger partial charge in [-0.2, -0.15) is 0 Å². The van der Waals surface area contributed by atoms with Gasteiger partial charge in [-0.25, -0.2) is 13.2 Å². The van der Waals surface area contributed by atoms with Crippen LogP contribution in [0.15, 0.2) is 51.8 Å². The molecule has 1 fully saturated rings. The molecule has 0 saturated carbocycles. The van der Waals surface area contributed by atoms with Crippen LogP contribution in [-0.4, -0.2) is 32.6 Å². The van der Waals surface area contributed by atoms with Crippen LogP contribution in [0.25, 0.3) is 0 Å². The zero-order valence-corrected chi connectivity index (χ0v) is 17.3. The van der Waals surface area contributed by atoms with E-state index < -0.39 is 16.0 Å². The van der Waals surface area contributed by atoms with E-state index in [2.05, 4.69) is 32.5 Å². The molecular formula is C19H21BrN2O4S. The normalized spacial score (nSPS) is 17.6. The molecule has 2 aromatic rings. The second-order valence-electron chi connectivity index (χ2n) is 6.79. The Morgan fingerprint density at radius 2 is 1.93 bits per heavy atom. The SMILES string of the molecule is C[C@@H]1CCCN(c2ccc(C(=O)O)cc2NS(=O)(=O)c2ccc(Br)cc2)C1. The van der Waals surface area contributed by atoms with Gasteiger partial charge in [0.25, 0.3) is 10.0 Å². The summed E-state index contributed by atoms with van der Waals surface area (Å²) >= 11 is 3.29. The van der Waals surface area contributed by atoms with E-state index in [1.807, 2.05) is 0 Å². The molecule has 6 nitrogen and oxygen atoms in total. The number of piperidine rings is 1. The molecule has 0 amide bonds. The van der Waals surface area contributed by atoms with Gasteiger partial charge in [0.05, 0.1) is 21.8 Å². The van der Waals surface area contributed by atoms with Gasteiger partial charge in [-0.3, -0.25) is 4.72 Å². The van der Waals surface area contributed by atoms with Crippen molar-refractivity contribution in [3.63, 3.8) is 0 Å². The molecule has 0 aromatic heterocycles. The summed E-state index contributed by atoms with van der Waals surface area (Å²) in [4.78, 5) is 13.6. The monoisotopic (exact) mass is 452 g/mol. The molecule has 27 heavy (non-hydrogen) atoms. The third kappa shape index (κ3) is 4.62. The van der Waals surface area contributed by atoms with Crippen LogP contribution in [0.2, 0.25) is 0 Å². The van der Waals surface area contributed by atoms with Crippen LogP contribution in [0.5, 0.6) is 0 Å². The van der Waals surface area contributed by atoms with Gasteiger partial charge in [0, 0.05) is 17.6 Å². The van der Waals surface area contributed by atoms with E-state index in [1.165, 1.54) is 24.3 Å². The van der Waals surface area contributed by atoms with Gasteiger partial charge in [0.15, 0.2) is 0 Å². The van der Waals surface area contributed by atoms with Crippen molar-refractivity contribution in [1.29, 1.82) is 0 Å². The smallest absolute Gasteiger partial charge is 0.335 e. The standard InChI is InChI=1S/C19H21BrN2O4S/c1-13-3-2-10-22(12-13)18-9-4-14(19(23)24)11-17(18)21-27(25,26)16-7-5-15(20)6-8-16/h4-9,11,13,21H,2-3,10,12H2,1H3,(H,23,24)/t13-/m1/s1. The lowest BCUT2D eigenvalue weighted by Gasteiger charge is -2.34. The summed E-state index contributed by atoms with van der Waals surface area (Å²) in [5.74, 6) is -0.605. The number of carboxylic acids is 1. The van der Waals surface area contributed by atoms with E-state index in [0.717, 1.165) is 30.4 Å². The summed E-state index contributed by atoms with van der Waals surface area (Å²) in [6, 6.07) is 10.9. The minimum absolute atomic E-state index is 0.0392. The Hall–Kier alpha value is -2.06. The Morgan fingerprint density at radius 1 is 1.22 bits per heavy atom. The number of hydrogen-bond acceptors (Lipinski definition) is 4. The van der Waals surface area contributed by atoms with Gasteiger partial charge < -0.3 is 10.0 Å². The number of nitrogens with one attached hydrogen (secondary N) is 1. The van der Waals surface area contributed by atoms with Gasteiger partial charge in [-0.1, -0.05) is 22.9 Å². The average molecular weight is 453 g/mol. The molecule has 0 spiro atoms. The van der Waals surface area contributed by atoms with Crippen LogP contribution < -0.4 is 9.62 Å². The maximum Gasteiger partial charge on any atom is 0.335 e. The number of rotatable bonds is 5. The molecule has 1 saturated heterocycles. The summed E-state index contributed by atoms with van der Waals surface area (Å²) in [6.07, 6.45) is 2.14. The summed E-state index contributed by atoms with van der Waals surface area (Å²) in [7, 11) is -3.84. The first-order valence-electron chi connectivity index (χ1n) is 8.67. The molecule has 144 valence electrons. The van der Waals surface area contributed by atoms with Crippen molar-refractivity contribution in [1.82, 2.24) is 0 Å². The Bertz CT molecular complexity index is 945. The number of hydrogen-bond donors (Lipinski definition) is 2. The topological polar surface area (TPSA) is 86.7 Å². The minimum atomic E-state index is -3.84. The highest BCUT2D eigenvalue weighted by molar-refractivity contribution is 9.10. The number of sulfonamides is 1. The quantitative estimate of drug-likeness (QED) is 0.709. The molecular weight excluding hydrogens is 432 g/mol. The van der Waals surface area contributed by atoms with E-state index >= 15 is 0 Å². The molecule has 0 bridgehead atoms. The largest absolute Gasteiger partial charge is 0.478 e. The highest BCUT2D eigenvalue weighted by Gasteiger charge is 2.23. The van der Waals surface area contributed by atoms with Gasteiger partial charge in [0.2, 0.25) is 0 Å². The van der Waals surface area contributed by atoms with Crippen molar-refractivity contribution in [2.45, 2.75) is 24.7 Å². The molecule has 1 aliphatic rings. The number of aromatic carboxylic acids is 1. The third-order valence-corrected chi connectivity index (χ3v) is 6.52. The average Bonchev–Trinajstić information content (AvgIpc) is 2.61. The molecule has 0 radical (unpaired) electrons. The number of carbonyl (C=O) groups is 1. The minimum Gasteiger partial charge on any atom is -0.478 e. The van der Waals surface area contributed by atoms with Crippen molar-refractivity contribution in [2.75, 3.05) is 22.7 Å². The number of carboxylic acid groups (broad SMARTS) is 1. The Labute approximate surface area is 167 Å². The van der Waals surface area contributed by atoms with Crippen LogP contribution in [0.1, 0.15) is 30.1 Å². The van der Waals surface area contributed by atoms with E-state index in [1.54, 1.807) is 18.2 Å². The lowest BCUT2D eigenvalue weighted by molar-refractivity contribution is 0.0697. The van der Waals surface area contributed by atoms with E-state index in [-0.39, 0.29) is 16.1 Å². The molecule has 0 unspecified atom stereocenters. The van der Waals surface area contributed by atoms with Gasteiger partial charge in [-0.15, -0.1) is 0 Å². The zero-order valence-electron chi connectivity index (χ0n) is 14.9. The van der Waals surface area contributed by atoms with E-state index in [4.69, 9.17) is 0 Å². The van der Waals surface area contributed by atoms with Crippen molar-refractivity contribution in [2.24, 2.45) is 5.92 Å². The number of benzene rings is 2. The Kier molecular flexibility index (Phi) is 5.76. The van der Waals surface area contributed by atoms with Crippen molar-refractivity contribution >= 4 is 43.3 Å². The number of nitrogens with zero attached hydrogens (tertiary/aromatic N) is 1. The predicted octanol–water partition coefficient (Wildman–Crippen LogP) is 4.18. The molecule has 3 rings (SSSR count). The third-order valence-electron chi connectivity index (χ3n) is 4.61. The van der Waals surface area contributed by atoms with Crippen LogP contribution in [0, 0.1) is 5.92 Å². The number of anilines is 2. The Balaban J connectivity index is 1.99. The van der Waals surface area contributed by atoms with Crippen LogP contribution in [0.4, 0.5) is 11.4 Å². The van der Waals surface area contributed by atoms with E-state index in [9.17, 15) is 18.3 Å². The summed E-state index contributed by atoms with van der Waals surface area (Å²) in [6.45, 7) is 3.77. The number of halogens is 1. The summed E-state index contributed by atoms with van der Waals surface area (Å²) < 4.78 is 29.0. The van der Waals surface area contributed by atoms with Gasteiger partial charge in [0.1, 0.15) is 0 Å². The lowest BCUT2D eigenvalue weighted by Crippen LogP contribution is -2.35. The van der Waals surface area contributed by atoms with Gasteiger partial charge in [-0.05, 0) is 61.2 Å². The lowest BCUT2D eigenvalue weighted by atomic mass is 9.99.